The van der Waals surface area contributed by atoms with Crippen LogP contribution < -0.4 is 4.90 Å². The molecule has 0 radical (unpaired) electrons. The molecule has 0 aliphatic carbocycles. The van der Waals surface area contributed by atoms with Gasteiger partial charge in [0.05, 0.1) is 17.2 Å². The second-order valence-electron chi connectivity index (χ2n) is 8.32. The molecule has 156 valence electrons. The van der Waals surface area contributed by atoms with Gasteiger partial charge in [-0.25, -0.2) is 4.39 Å². The van der Waals surface area contributed by atoms with Gasteiger partial charge in [-0.15, -0.1) is 6.58 Å². The van der Waals surface area contributed by atoms with Crippen molar-refractivity contribution in [2.24, 2.45) is 5.41 Å². The lowest BCUT2D eigenvalue weighted by Gasteiger charge is -2.39. The maximum absolute atomic E-state index is 15.2. The summed E-state index contributed by atoms with van der Waals surface area (Å²) in [6.07, 6.45) is 3.17. The van der Waals surface area contributed by atoms with Crippen LogP contribution in [-0.2, 0) is 0 Å². The van der Waals surface area contributed by atoms with Crippen LogP contribution in [0, 0.1) is 29.5 Å². The number of aromatic nitrogens is 4. The lowest BCUT2D eigenvalue weighted by atomic mass is 9.86. The first kappa shape index (κ1) is 21.7. The van der Waals surface area contributed by atoms with Crippen molar-refractivity contribution in [2.75, 3.05) is 11.4 Å². The van der Waals surface area contributed by atoms with Crippen LogP contribution in [0.1, 0.15) is 38.8 Å². The van der Waals surface area contributed by atoms with E-state index in [-0.39, 0.29) is 27.7 Å². The molecule has 0 bridgehead atoms. The van der Waals surface area contributed by atoms with E-state index in [0.717, 1.165) is 0 Å². The zero-order valence-corrected chi connectivity index (χ0v) is 18.5. The van der Waals surface area contributed by atoms with E-state index in [2.05, 4.69) is 54.2 Å². The third-order valence-electron chi connectivity index (χ3n) is 5.34. The Morgan fingerprint density at radius 2 is 2.07 bits per heavy atom. The zero-order chi connectivity index (χ0) is 22.2. The van der Waals surface area contributed by atoms with Crippen molar-refractivity contribution in [1.29, 1.82) is 5.26 Å². The summed E-state index contributed by atoms with van der Waals surface area (Å²) in [5.41, 5.74) is 1.41. The molecule has 1 aromatic carbocycles. The number of fused-ring (bicyclic) bond motifs is 1. The first-order chi connectivity index (χ1) is 14.1. The summed E-state index contributed by atoms with van der Waals surface area (Å²) in [6.45, 7) is 14.6. The van der Waals surface area contributed by atoms with Gasteiger partial charge in [-0.1, -0.05) is 38.4 Å². The average Bonchev–Trinajstić information content (AvgIpc) is 3.12. The summed E-state index contributed by atoms with van der Waals surface area (Å²) in [5, 5.41) is 13.7. The summed E-state index contributed by atoms with van der Waals surface area (Å²) in [7, 11) is 0. The van der Waals surface area contributed by atoms with Crippen molar-refractivity contribution in [3.05, 3.63) is 53.2 Å². The number of hydrogen-bond acceptors (Lipinski definition) is 5. The Hall–Kier alpha value is -2.98. The maximum Gasteiger partial charge on any atom is 0.255 e. The van der Waals surface area contributed by atoms with Gasteiger partial charge in [0.15, 0.2) is 0 Å². The van der Waals surface area contributed by atoms with Crippen LogP contribution >= 0.6 is 11.6 Å². The molecule has 0 amide bonds. The van der Waals surface area contributed by atoms with Crippen molar-refractivity contribution in [3.63, 3.8) is 0 Å². The molecule has 0 spiro atoms. The van der Waals surface area contributed by atoms with Crippen LogP contribution in [0.2, 0.25) is 5.15 Å². The van der Waals surface area contributed by atoms with Gasteiger partial charge in [-0.05, 0) is 37.0 Å². The normalized spacial score (nSPS) is 12.6. The lowest BCUT2D eigenvalue weighted by Crippen LogP contribution is -2.43. The van der Waals surface area contributed by atoms with Crippen LogP contribution in [0.3, 0.4) is 0 Å². The van der Waals surface area contributed by atoms with E-state index in [4.69, 9.17) is 11.6 Å². The van der Waals surface area contributed by atoms with Crippen LogP contribution in [0.15, 0.2) is 31.1 Å². The van der Waals surface area contributed by atoms with Crippen molar-refractivity contribution < 1.29 is 4.39 Å². The monoisotopic (exact) mass is 426 g/mol. The second kappa shape index (κ2) is 8.04. The molecule has 2 heterocycles. The molecule has 3 aromatic rings. The van der Waals surface area contributed by atoms with E-state index in [0.29, 0.717) is 29.3 Å². The van der Waals surface area contributed by atoms with E-state index in [9.17, 15) is 5.26 Å². The van der Waals surface area contributed by atoms with Gasteiger partial charge in [0.25, 0.3) is 5.78 Å². The minimum atomic E-state index is -0.544. The number of nitrogens with zero attached hydrogens (tertiary/aromatic N) is 6. The number of benzene rings is 1. The molecule has 30 heavy (non-hydrogen) atoms. The highest BCUT2D eigenvalue weighted by Crippen LogP contribution is 2.41. The van der Waals surface area contributed by atoms with Gasteiger partial charge < -0.3 is 4.90 Å². The van der Waals surface area contributed by atoms with E-state index in [1.54, 1.807) is 23.6 Å². The molecule has 0 aliphatic rings. The second-order valence-corrected chi connectivity index (χ2v) is 8.68. The molecular weight excluding hydrogens is 403 g/mol. The smallest absolute Gasteiger partial charge is 0.255 e. The van der Waals surface area contributed by atoms with Crippen molar-refractivity contribution in [2.45, 2.75) is 40.7 Å². The van der Waals surface area contributed by atoms with Gasteiger partial charge in [-0.3, -0.25) is 0 Å². The molecular formula is C22H24ClFN6. The summed E-state index contributed by atoms with van der Waals surface area (Å²) in [6, 6.07) is 4.84. The van der Waals surface area contributed by atoms with Crippen molar-refractivity contribution in [3.8, 4) is 17.2 Å². The minimum absolute atomic E-state index is 0.0156. The zero-order valence-electron chi connectivity index (χ0n) is 17.7. The summed E-state index contributed by atoms with van der Waals surface area (Å²) < 4.78 is 16.8. The highest BCUT2D eigenvalue weighted by Gasteiger charge is 2.32. The minimum Gasteiger partial charge on any atom is -0.349 e. The molecule has 6 nitrogen and oxygen atoms in total. The van der Waals surface area contributed by atoms with Crippen LogP contribution in [0.4, 0.5) is 10.2 Å². The summed E-state index contributed by atoms with van der Waals surface area (Å²) >= 11 is 6.60. The van der Waals surface area contributed by atoms with Gasteiger partial charge in [-0.2, -0.15) is 24.8 Å². The molecule has 8 heteroatoms. The Balaban J connectivity index is 2.44. The molecule has 3 rings (SSSR count). The van der Waals surface area contributed by atoms with Gasteiger partial charge in [0.1, 0.15) is 23.1 Å². The number of hydrogen-bond donors (Lipinski definition) is 0. The largest absolute Gasteiger partial charge is 0.349 e. The van der Waals surface area contributed by atoms with Crippen LogP contribution in [0.25, 0.3) is 16.9 Å². The molecule has 0 fully saturated rings. The van der Waals surface area contributed by atoms with E-state index < -0.39 is 5.82 Å². The van der Waals surface area contributed by atoms with Crippen LogP contribution in [0.5, 0.6) is 0 Å². The number of rotatable bonds is 5. The Morgan fingerprint density at radius 1 is 1.37 bits per heavy atom. The highest BCUT2D eigenvalue weighted by atomic mass is 35.5. The summed E-state index contributed by atoms with van der Waals surface area (Å²) in [5.74, 6) is 0.357. The van der Waals surface area contributed by atoms with E-state index in [1.807, 2.05) is 6.07 Å². The topological polar surface area (TPSA) is 70.1 Å². The molecule has 0 N–H and O–H groups in total. The quantitative estimate of drug-likeness (QED) is 0.414. The van der Waals surface area contributed by atoms with E-state index >= 15 is 4.39 Å². The first-order valence-electron chi connectivity index (χ1n) is 9.57. The van der Waals surface area contributed by atoms with Gasteiger partial charge >= 0.3 is 0 Å². The molecule has 2 aromatic heterocycles. The number of aryl methyl sites for hydroxylation is 1. The predicted molar refractivity (Wildman–Crippen MR) is 117 cm³/mol. The van der Waals surface area contributed by atoms with E-state index in [1.165, 1.54) is 12.4 Å². The Labute approximate surface area is 180 Å². The predicted octanol–water partition coefficient (Wildman–Crippen LogP) is 5.19. The standard InChI is InChI=1S/C22H24ClFN6/c1-7-8-29(14(3)22(4,5)6)20-18(19(23)28-21-26-12-27-30(20)21)17-13(2)9-15(11-25)10-16(17)24/h7,9-10,12,14H,1,8H2,2-6H3/t14-/m1/s1. The summed E-state index contributed by atoms with van der Waals surface area (Å²) in [4.78, 5) is 10.6. The molecule has 0 saturated carbocycles. The Bertz CT molecular complexity index is 1130. The molecule has 1 atom stereocenters. The molecule has 0 saturated heterocycles. The number of halogens is 2. The van der Waals surface area contributed by atoms with Crippen molar-refractivity contribution in [1.82, 2.24) is 19.6 Å². The molecule has 0 aliphatic heterocycles. The number of anilines is 1. The number of nitriles is 1. The Morgan fingerprint density at radius 3 is 2.63 bits per heavy atom. The fourth-order valence-electron chi connectivity index (χ4n) is 3.44. The van der Waals surface area contributed by atoms with Crippen LogP contribution in [-0.4, -0.2) is 32.2 Å². The SMILES string of the molecule is C=CCN(c1c(-c2c(C)cc(C#N)cc2F)c(Cl)nc2ncnn12)[C@H](C)C(C)(C)C. The maximum atomic E-state index is 15.2. The third kappa shape index (κ3) is 3.75. The highest BCUT2D eigenvalue weighted by molar-refractivity contribution is 6.33. The van der Waals surface area contributed by atoms with Gasteiger partial charge in [0.2, 0.25) is 0 Å². The Kier molecular flexibility index (Phi) is 5.82. The average molecular weight is 427 g/mol. The van der Waals surface area contributed by atoms with Crippen molar-refractivity contribution >= 4 is 23.2 Å². The lowest BCUT2D eigenvalue weighted by molar-refractivity contribution is 0.323. The third-order valence-corrected chi connectivity index (χ3v) is 5.62. The van der Waals surface area contributed by atoms with Gasteiger partial charge in [0, 0.05) is 18.2 Å². The first-order valence-corrected chi connectivity index (χ1v) is 9.95. The fraction of sp³-hybridized carbons (Fsp3) is 0.364. The molecule has 0 unspecified atom stereocenters. The fourth-order valence-corrected chi connectivity index (χ4v) is 3.70.